The van der Waals surface area contributed by atoms with E-state index in [1.807, 2.05) is 0 Å². The van der Waals surface area contributed by atoms with Crippen molar-refractivity contribution in [1.29, 1.82) is 0 Å². The van der Waals surface area contributed by atoms with Crippen molar-refractivity contribution in [1.82, 2.24) is 25.0 Å². The molecule has 0 saturated heterocycles. The molecule has 4 rings (SSSR count). The summed E-state index contributed by atoms with van der Waals surface area (Å²) in [7, 11) is 1.50. The highest BCUT2D eigenvalue weighted by Crippen LogP contribution is 2.36. The Morgan fingerprint density at radius 3 is 2.54 bits per heavy atom. The normalized spacial score (nSPS) is 14.2. The highest BCUT2D eigenvalue weighted by atomic mass is 35.5. The van der Waals surface area contributed by atoms with Crippen LogP contribution in [0.3, 0.4) is 0 Å². The summed E-state index contributed by atoms with van der Waals surface area (Å²) in [4.78, 5) is 39.1. The van der Waals surface area contributed by atoms with E-state index in [0.717, 1.165) is 35.7 Å². The van der Waals surface area contributed by atoms with Gasteiger partial charge in [-0.15, -0.1) is 5.10 Å². The molecule has 0 aliphatic heterocycles. The third kappa shape index (κ3) is 7.07. The quantitative estimate of drug-likeness (QED) is 0.345. The Morgan fingerprint density at radius 2 is 1.90 bits per heavy atom. The number of benzene rings is 2. The Morgan fingerprint density at radius 1 is 1.18 bits per heavy atom. The molecule has 1 aliphatic carbocycles. The first-order valence-electron chi connectivity index (χ1n) is 12.3. The van der Waals surface area contributed by atoms with Crippen molar-refractivity contribution < 1.29 is 27.5 Å². The van der Waals surface area contributed by atoms with Crippen molar-refractivity contribution in [3.8, 4) is 11.4 Å². The molecule has 39 heavy (non-hydrogen) atoms. The predicted octanol–water partition coefficient (Wildman–Crippen LogP) is 3.73. The number of aromatic nitrogens is 3. The molecular formula is C26H27ClF3N5O4. The van der Waals surface area contributed by atoms with Crippen LogP contribution >= 0.6 is 11.6 Å². The van der Waals surface area contributed by atoms with Crippen LogP contribution in [0.1, 0.15) is 42.5 Å². The highest BCUT2D eigenvalue weighted by Gasteiger charge is 2.33. The number of amides is 2. The van der Waals surface area contributed by atoms with Crippen LogP contribution in [-0.2, 0) is 27.0 Å². The third-order valence-electron chi connectivity index (χ3n) is 6.12. The molecule has 1 unspecified atom stereocenters. The maximum absolute atomic E-state index is 13.3. The molecule has 1 saturated carbocycles. The van der Waals surface area contributed by atoms with Crippen molar-refractivity contribution in [2.45, 2.75) is 44.1 Å². The monoisotopic (exact) mass is 565 g/mol. The average Bonchev–Trinajstić information content (AvgIpc) is 3.69. The zero-order chi connectivity index (χ0) is 28.2. The maximum Gasteiger partial charge on any atom is 0.416 e. The predicted molar refractivity (Wildman–Crippen MR) is 137 cm³/mol. The third-order valence-corrected chi connectivity index (χ3v) is 6.37. The molecule has 0 bridgehead atoms. The van der Waals surface area contributed by atoms with Gasteiger partial charge >= 0.3 is 11.9 Å². The van der Waals surface area contributed by atoms with Gasteiger partial charge in [-0.2, -0.15) is 13.2 Å². The lowest BCUT2D eigenvalue weighted by molar-refractivity contribution is -0.137. The van der Waals surface area contributed by atoms with Crippen LogP contribution in [-0.4, -0.2) is 46.4 Å². The lowest BCUT2D eigenvalue weighted by Gasteiger charge is -2.20. The Kier molecular flexibility index (Phi) is 8.76. The Bertz CT molecular complexity index is 1380. The minimum atomic E-state index is -4.64. The molecule has 13 heteroatoms. The molecule has 2 amide bonds. The molecule has 1 fully saturated rings. The summed E-state index contributed by atoms with van der Waals surface area (Å²) in [5.41, 5.74) is -0.879. The molecule has 3 aromatic rings. The van der Waals surface area contributed by atoms with Gasteiger partial charge in [-0.1, -0.05) is 23.7 Å². The smallest absolute Gasteiger partial charge is 0.385 e. The van der Waals surface area contributed by atoms with Gasteiger partial charge in [0.2, 0.25) is 11.8 Å². The van der Waals surface area contributed by atoms with Gasteiger partial charge in [0.05, 0.1) is 5.56 Å². The summed E-state index contributed by atoms with van der Waals surface area (Å²) in [6, 6.07) is 9.45. The molecule has 1 aliphatic rings. The Labute approximate surface area is 226 Å². The first kappa shape index (κ1) is 28.4. The second-order valence-electron chi connectivity index (χ2n) is 9.13. The Hall–Kier alpha value is -3.64. The van der Waals surface area contributed by atoms with Gasteiger partial charge in [0.15, 0.2) is 5.82 Å². The molecule has 2 aromatic carbocycles. The maximum atomic E-state index is 13.3. The van der Waals surface area contributed by atoms with Gasteiger partial charge < -0.3 is 15.4 Å². The summed E-state index contributed by atoms with van der Waals surface area (Å²) in [5, 5.41) is 9.94. The number of hydrogen-bond acceptors (Lipinski definition) is 5. The standard InChI is InChI=1S/C26H27ClF3N5O4/c1-39-13-3-12-31-24(37)22(17-4-2-5-18(14-17)26(28,29)30)32-21(36)15-34-25(38)35(20-10-11-20)23(33-34)16-6-8-19(27)9-7-16/h2,4-9,14,20,22H,3,10-13,15H2,1H3,(H,31,37)(H,32,36). The van der Waals surface area contributed by atoms with Crippen molar-refractivity contribution >= 4 is 23.4 Å². The van der Waals surface area contributed by atoms with E-state index in [1.165, 1.54) is 17.7 Å². The lowest BCUT2D eigenvalue weighted by Crippen LogP contribution is -2.43. The lowest BCUT2D eigenvalue weighted by atomic mass is 10.0. The van der Waals surface area contributed by atoms with E-state index in [2.05, 4.69) is 15.7 Å². The molecular weight excluding hydrogens is 539 g/mol. The summed E-state index contributed by atoms with van der Waals surface area (Å²) in [6.07, 6.45) is -2.59. The number of methoxy groups -OCH3 is 1. The fourth-order valence-electron chi connectivity index (χ4n) is 4.05. The molecule has 9 nitrogen and oxygen atoms in total. The van der Waals surface area contributed by atoms with Gasteiger partial charge in [0, 0.05) is 36.9 Å². The van der Waals surface area contributed by atoms with Gasteiger partial charge in [-0.05, 0) is 61.2 Å². The largest absolute Gasteiger partial charge is 0.416 e. The van der Waals surface area contributed by atoms with Gasteiger partial charge in [0.1, 0.15) is 12.6 Å². The van der Waals surface area contributed by atoms with E-state index in [0.29, 0.717) is 29.4 Å². The van der Waals surface area contributed by atoms with Crippen molar-refractivity contribution in [2.75, 3.05) is 20.3 Å². The molecule has 208 valence electrons. The first-order chi connectivity index (χ1) is 18.6. The summed E-state index contributed by atoms with van der Waals surface area (Å²) in [6.45, 7) is 0.0165. The van der Waals surface area contributed by atoms with E-state index in [1.54, 1.807) is 24.3 Å². The van der Waals surface area contributed by atoms with Crippen LogP contribution in [0.4, 0.5) is 13.2 Å². The number of hydrogen-bond donors (Lipinski definition) is 2. The number of carbonyl (C=O) groups excluding carboxylic acids is 2. The van der Waals surface area contributed by atoms with E-state index >= 15 is 0 Å². The number of nitrogens with one attached hydrogen (secondary N) is 2. The fraction of sp³-hybridized carbons (Fsp3) is 0.385. The molecule has 1 atom stereocenters. The van der Waals surface area contributed by atoms with E-state index in [9.17, 15) is 27.6 Å². The van der Waals surface area contributed by atoms with E-state index in [-0.39, 0.29) is 18.2 Å². The molecule has 0 radical (unpaired) electrons. The van der Waals surface area contributed by atoms with Crippen LogP contribution in [0.15, 0.2) is 53.3 Å². The SMILES string of the molecule is COCCCNC(=O)C(NC(=O)Cn1nc(-c2ccc(Cl)cc2)n(C2CC2)c1=O)c1cccc(C(F)(F)F)c1. The van der Waals surface area contributed by atoms with Crippen LogP contribution in [0.25, 0.3) is 11.4 Å². The number of nitrogens with zero attached hydrogens (tertiary/aromatic N) is 3. The Balaban J connectivity index is 1.58. The minimum Gasteiger partial charge on any atom is -0.385 e. The number of alkyl halides is 3. The van der Waals surface area contributed by atoms with Gasteiger partial charge in [-0.25, -0.2) is 9.48 Å². The van der Waals surface area contributed by atoms with Crippen LogP contribution in [0, 0.1) is 0 Å². The molecule has 1 aromatic heterocycles. The second kappa shape index (κ2) is 12.0. The molecule has 1 heterocycles. The molecule has 2 N–H and O–H groups in total. The molecule has 0 spiro atoms. The second-order valence-corrected chi connectivity index (χ2v) is 9.57. The number of carbonyl (C=O) groups is 2. The zero-order valence-electron chi connectivity index (χ0n) is 21.0. The summed E-state index contributed by atoms with van der Waals surface area (Å²) >= 11 is 5.98. The summed E-state index contributed by atoms with van der Waals surface area (Å²) in [5.74, 6) is -1.09. The number of halogens is 4. The van der Waals surface area contributed by atoms with Crippen LogP contribution < -0.4 is 16.3 Å². The highest BCUT2D eigenvalue weighted by molar-refractivity contribution is 6.30. The summed E-state index contributed by atoms with van der Waals surface area (Å²) < 4.78 is 47.4. The zero-order valence-corrected chi connectivity index (χ0v) is 21.8. The first-order valence-corrected chi connectivity index (χ1v) is 12.6. The minimum absolute atomic E-state index is 0.0456. The van der Waals surface area contributed by atoms with Crippen molar-refractivity contribution in [3.05, 3.63) is 75.2 Å². The van der Waals surface area contributed by atoms with Crippen molar-refractivity contribution in [2.24, 2.45) is 0 Å². The number of rotatable bonds is 11. The number of ether oxygens (including phenoxy) is 1. The van der Waals surface area contributed by atoms with Crippen molar-refractivity contribution in [3.63, 3.8) is 0 Å². The van der Waals surface area contributed by atoms with Gasteiger partial charge in [0.25, 0.3) is 0 Å². The average molecular weight is 566 g/mol. The van der Waals surface area contributed by atoms with Gasteiger partial charge in [-0.3, -0.25) is 14.2 Å². The van der Waals surface area contributed by atoms with Crippen LogP contribution in [0.2, 0.25) is 5.02 Å². The fourth-order valence-corrected chi connectivity index (χ4v) is 4.17. The topological polar surface area (TPSA) is 107 Å². The van der Waals surface area contributed by atoms with Crippen LogP contribution in [0.5, 0.6) is 0 Å². The van der Waals surface area contributed by atoms with E-state index in [4.69, 9.17) is 16.3 Å². The van der Waals surface area contributed by atoms with E-state index < -0.39 is 41.8 Å².